The number of carbonyl (C=O) groups excluding carboxylic acids is 3. The minimum absolute atomic E-state index is 0.00679. The molecule has 2 rings (SSSR count). The molecular formula is C39H47F2NO4. The zero-order valence-electron chi connectivity index (χ0n) is 27.2. The average molecular weight is 632 g/mol. The van der Waals surface area contributed by atoms with Crippen molar-refractivity contribution in [2.45, 2.75) is 84.6 Å². The van der Waals surface area contributed by atoms with Gasteiger partial charge in [-0.3, -0.25) is 9.59 Å². The van der Waals surface area contributed by atoms with Gasteiger partial charge < -0.3 is 10.1 Å². The van der Waals surface area contributed by atoms with Crippen molar-refractivity contribution in [3.05, 3.63) is 114 Å². The van der Waals surface area contributed by atoms with Gasteiger partial charge in [0.2, 0.25) is 5.91 Å². The van der Waals surface area contributed by atoms with Crippen LogP contribution in [0.5, 0.6) is 5.75 Å². The van der Waals surface area contributed by atoms with E-state index in [1.807, 2.05) is 19.9 Å². The third-order valence-electron chi connectivity index (χ3n) is 6.85. The number of halogens is 2. The summed E-state index contributed by atoms with van der Waals surface area (Å²) in [5.74, 6) is -2.35. The summed E-state index contributed by atoms with van der Waals surface area (Å²) < 4.78 is 33.1. The Kier molecular flexibility index (Phi) is 18.2. The van der Waals surface area contributed by atoms with Gasteiger partial charge in [-0.25, -0.2) is 13.6 Å². The highest BCUT2D eigenvalue weighted by molar-refractivity contribution is 5.88. The van der Waals surface area contributed by atoms with Gasteiger partial charge in [0.15, 0.2) is 6.29 Å². The van der Waals surface area contributed by atoms with Crippen molar-refractivity contribution in [3.63, 3.8) is 0 Å². The maximum atomic E-state index is 14.2. The van der Waals surface area contributed by atoms with Crippen molar-refractivity contribution >= 4 is 18.2 Å². The molecule has 46 heavy (non-hydrogen) atoms. The minimum atomic E-state index is -0.894. The summed E-state index contributed by atoms with van der Waals surface area (Å²) in [5.41, 5.74) is 0.470. The molecule has 0 saturated heterocycles. The molecule has 0 fully saturated rings. The van der Waals surface area contributed by atoms with Crippen molar-refractivity contribution in [1.82, 2.24) is 5.32 Å². The first-order valence-electron chi connectivity index (χ1n) is 16.1. The molecule has 2 aromatic rings. The molecule has 5 nitrogen and oxygen atoms in total. The highest BCUT2D eigenvalue weighted by atomic mass is 19.1. The lowest BCUT2D eigenvalue weighted by Gasteiger charge is -2.20. The number of rotatable bonds is 20. The topological polar surface area (TPSA) is 72.5 Å². The van der Waals surface area contributed by atoms with E-state index >= 15 is 0 Å². The highest BCUT2D eigenvalue weighted by Crippen LogP contribution is 2.28. The van der Waals surface area contributed by atoms with Crippen LogP contribution < -0.4 is 10.1 Å². The lowest BCUT2D eigenvalue weighted by atomic mass is 10.0. The number of hydrogen-bond donors (Lipinski definition) is 1. The molecule has 0 spiro atoms. The number of benzene rings is 2. The van der Waals surface area contributed by atoms with Gasteiger partial charge in [0, 0.05) is 18.1 Å². The third-order valence-corrected chi connectivity index (χ3v) is 6.85. The van der Waals surface area contributed by atoms with E-state index in [2.05, 4.69) is 66.9 Å². The largest absolute Gasteiger partial charge is 0.424 e. The molecule has 246 valence electrons. The van der Waals surface area contributed by atoms with Gasteiger partial charge in [-0.1, -0.05) is 87.6 Å². The second-order valence-electron chi connectivity index (χ2n) is 11.3. The number of carbonyl (C=O) groups is 3. The average Bonchev–Trinajstić information content (AvgIpc) is 3.02. The smallest absolute Gasteiger partial charge is 0.334 e. The fourth-order valence-electron chi connectivity index (χ4n) is 4.51. The summed E-state index contributed by atoms with van der Waals surface area (Å²) in [7, 11) is 0. The molecule has 1 amide bonds. The lowest BCUT2D eigenvalue weighted by Crippen LogP contribution is -2.43. The second kappa shape index (κ2) is 22.2. The molecule has 0 aliphatic carbocycles. The molecule has 1 atom stereocenters. The first-order chi connectivity index (χ1) is 22.2. The first kappa shape index (κ1) is 37.8. The zero-order chi connectivity index (χ0) is 33.6. The van der Waals surface area contributed by atoms with Gasteiger partial charge in [0.25, 0.3) is 0 Å². The molecular weight excluding hydrogens is 584 g/mol. The number of hydrogen-bond acceptors (Lipinski definition) is 4. The number of unbranched alkanes of at least 4 members (excludes halogenated alkanes) is 1. The van der Waals surface area contributed by atoms with E-state index in [4.69, 9.17) is 4.74 Å². The maximum absolute atomic E-state index is 14.2. The van der Waals surface area contributed by atoms with Gasteiger partial charge in [-0.15, -0.1) is 0 Å². The van der Waals surface area contributed by atoms with E-state index in [0.717, 1.165) is 50.7 Å². The van der Waals surface area contributed by atoms with Crippen molar-refractivity contribution in [1.29, 1.82) is 0 Å². The van der Waals surface area contributed by atoms with E-state index in [-0.39, 0.29) is 35.1 Å². The van der Waals surface area contributed by atoms with Gasteiger partial charge >= 0.3 is 5.97 Å². The van der Waals surface area contributed by atoms with Crippen LogP contribution in [0.15, 0.2) is 97.2 Å². The normalized spacial score (nSPS) is 12.7. The predicted octanol–water partition coefficient (Wildman–Crippen LogP) is 9.80. The van der Waals surface area contributed by atoms with Crippen LogP contribution in [0.2, 0.25) is 0 Å². The number of ether oxygens (including phenoxy) is 1. The highest BCUT2D eigenvalue weighted by Gasteiger charge is 2.25. The summed E-state index contributed by atoms with van der Waals surface area (Å²) in [4.78, 5) is 37.5. The predicted molar refractivity (Wildman–Crippen MR) is 183 cm³/mol. The summed E-state index contributed by atoms with van der Waals surface area (Å²) in [6.45, 7) is 5.98. The Hall–Kier alpha value is -4.39. The van der Waals surface area contributed by atoms with E-state index in [0.29, 0.717) is 24.7 Å². The number of allylic oxidation sites excluding steroid dienone is 10. The van der Waals surface area contributed by atoms with Crippen LogP contribution in [0.3, 0.4) is 0 Å². The number of nitrogens with one attached hydrogen (secondary N) is 1. The zero-order valence-corrected chi connectivity index (χ0v) is 27.2. The van der Waals surface area contributed by atoms with E-state index in [9.17, 15) is 23.2 Å². The summed E-state index contributed by atoms with van der Waals surface area (Å²) in [5, 5.41) is 2.77. The van der Waals surface area contributed by atoms with Crippen LogP contribution in [0, 0.1) is 17.6 Å². The van der Waals surface area contributed by atoms with Gasteiger partial charge in [0.05, 0.1) is 5.56 Å². The van der Waals surface area contributed by atoms with Crippen molar-refractivity contribution < 1.29 is 27.9 Å². The Labute approximate surface area is 272 Å². The Balaban J connectivity index is 1.79. The van der Waals surface area contributed by atoms with Crippen LogP contribution in [-0.2, 0) is 9.59 Å². The summed E-state index contributed by atoms with van der Waals surface area (Å²) in [6, 6.07) is 6.50. The molecule has 0 aliphatic rings. The van der Waals surface area contributed by atoms with Crippen LogP contribution in [0.25, 0.3) is 11.1 Å². The molecule has 0 aromatic heterocycles. The molecule has 0 saturated carbocycles. The minimum Gasteiger partial charge on any atom is -0.424 e. The Morgan fingerprint density at radius 1 is 0.826 bits per heavy atom. The molecule has 0 heterocycles. The first-order valence-corrected chi connectivity index (χ1v) is 16.1. The van der Waals surface area contributed by atoms with Crippen molar-refractivity contribution in [2.75, 3.05) is 0 Å². The molecule has 7 heteroatoms. The fourth-order valence-corrected chi connectivity index (χ4v) is 4.51. The molecule has 2 aromatic carbocycles. The maximum Gasteiger partial charge on any atom is 0.334 e. The number of amides is 1. The van der Waals surface area contributed by atoms with Crippen LogP contribution in [0.1, 0.15) is 88.9 Å². The van der Waals surface area contributed by atoms with Gasteiger partial charge in [-0.05, 0) is 87.1 Å². The monoisotopic (exact) mass is 631 g/mol. The standard InChI is InChI=1S/C39H47F2NO4/c1-4-5-6-7-8-9-10-11-12-13-14-15-16-17-18-19-20-21-38(44)42-36(26-30(2)3)39(45)46-37-25-22-31(27-32(37)29-43)34-24-23-33(40)28-35(34)41/h5-6,8-9,11-12,14-15,17-18,22-25,27-30,36H,4,7,10,13,16,19-21,26H2,1-3H3,(H,42,44)/b6-5-,9-8-,12-11-,15-14-,18-17-. The molecule has 0 bridgehead atoms. The Bertz CT molecular complexity index is 1400. The lowest BCUT2D eigenvalue weighted by molar-refractivity contribution is -0.139. The van der Waals surface area contributed by atoms with Crippen LogP contribution in [-0.4, -0.2) is 24.2 Å². The number of aldehydes is 1. The Morgan fingerprint density at radius 2 is 1.43 bits per heavy atom. The Morgan fingerprint density at radius 3 is 2.00 bits per heavy atom. The van der Waals surface area contributed by atoms with Gasteiger partial charge in [0.1, 0.15) is 23.4 Å². The van der Waals surface area contributed by atoms with E-state index in [1.54, 1.807) is 0 Å². The third kappa shape index (κ3) is 15.1. The number of esters is 1. The molecule has 0 aliphatic heterocycles. The van der Waals surface area contributed by atoms with E-state index in [1.165, 1.54) is 24.3 Å². The SMILES string of the molecule is CC/C=C\C/C=C\C/C=C\C/C=C\C/C=C\CCCC(=O)NC(CC(C)C)C(=O)Oc1ccc(-c2ccc(F)cc2F)cc1C=O. The van der Waals surface area contributed by atoms with E-state index < -0.39 is 23.6 Å². The quantitative estimate of drug-likeness (QED) is 0.0519. The second-order valence-corrected chi connectivity index (χ2v) is 11.3. The fraction of sp³-hybridized carbons (Fsp3) is 0.359. The van der Waals surface area contributed by atoms with Crippen molar-refractivity contribution in [2.24, 2.45) is 5.92 Å². The summed E-state index contributed by atoms with van der Waals surface area (Å²) in [6.07, 6.45) is 28.6. The van der Waals surface area contributed by atoms with Crippen molar-refractivity contribution in [3.8, 4) is 16.9 Å². The molecule has 1 N–H and O–H groups in total. The molecule has 1 unspecified atom stereocenters. The van der Waals surface area contributed by atoms with Crippen LogP contribution in [0.4, 0.5) is 8.78 Å². The molecule has 0 radical (unpaired) electrons. The van der Waals surface area contributed by atoms with Gasteiger partial charge in [-0.2, -0.15) is 0 Å². The summed E-state index contributed by atoms with van der Waals surface area (Å²) >= 11 is 0. The van der Waals surface area contributed by atoms with Crippen LogP contribution >= 0.6 is 0 Å².